The Labute approximate surface area is 111 Å². The van der Waals surface area contributed by atoms with Gasteiger partial charge in [0, 0.05) is 18.4 Å². The number of methoxy groups -OCH3 is 1. The van der Waals surface area contributed by atoms with Gasteiger partial charge in [-0.05, 0) is 19.1 Å². The minimum Gasteiger partial charge on any atom is -0.399 e. The third-order valence-electron chi connectivity index (χ3n) is 2.52. The average Bonchev–Trinajstić information content (AvgIpc) is 2.32. The number of nitrogens with two attached hydrogens (primary N) is 1. The number of aliphatic hydroxyl groups excluding tert-OH is 1. The summed E-state index contributed by atoms with van der Waals surface area (Å²) in [5.74, 6) is -0.701. The van der Waals surface area contributed by atoms with E-state index in [-0.39, 0.29) is 22.8 Å². The predicted octanol–water partition coefficient (Wildman–Crippen LogP) is 0.00192. The van der Waals surface area contributed by atoms with Crippen LogP contribution in [0.25, 0.3) is 0 Å². The van der Waals surface area contributed by atoms with Crippen LogP contribution >= 0.6 is 0 Å². The number of hydrogen-bond acceptors (Lipinski definition) is 5. The van der Waals surface area contributed by atoms with Gasteiger partial charge in [0.25, 0.3) is 0 Å². The highest BCUT2D eigenvalue weighted by Gasteiger charge is 2.23. The van der Waals surface area contributed by atoms with E-state index in [9.17, 15) is 12.8 Å². The molecule has 0 amide bonds. The lowest BCUT2D eigenvalue weighted by Crippen LogP contribution is -2.40. The number of hydrogen-bond donors (Lipinski definition) is 3. The zero-order chi connectivity index (χ0) is 14.6. The summed E-state index contributed by atoms with van der Waals surface area (Å²) >= 11 is 0. The molecule has 0 radical (unpaired) electrons. The lowest BCUT2D eigenvalue weighted by molar-refractivity contribution is 0.139. The van der Waals surface area contributed by atoms with Crippen LogP contribution in [0.15, 0.2) is 17.0 Å². The molecule has 0 aromatic heterocycles. The van der Waals surface area contributed by atoms with Crippen molar-refractivity contribution in [2.45, 2.75) is 17.9 Å². The Bertz CT molecular complexity index is 548. The normalized spacial score (nSPS) is 13.5. The van der Waals surface area contributed by atoms with Gasteiger partial charge in [0.2, 0.25) is 10.0 Å². The van der Waals surface area contributed by atoms with Gasteiger partial charge < -0.3 is 15.6 Å². The molecule has 0 fully saturated rings. The highest BCUT2D eigenvalue weighted by Crippen LogP contribution is 2.21. The molecule has 0 saturated heterocycles. The maximum absolute atomic E-state index is 13.5. The van der Waals surface area contributed by atoms with Crippen molar-refractivity contribution in [1.29, 1.82) is 0 Å². The summed E-state index contributed by atoms with van der Waals surface area (Å²) < 4.78 is 44.7. The van der Waals surface area contributed by atoms with E-state index in [4.69, 9.17) is 15.6 Å². The van der Waals surface area contributed by atoms with Gasteiger partial charge in [-0.2, -0.15) is 0 Å². The monoisotopic (exact) mass is 292 g/mol. The zero-order valence-electron chi connectivity index (χ0n) is 10.7. The second-order valence-electron chi connectivity index (χ2n) is 4.08. The summed E-state index contributed by atoms with van der Waals surface area (Å²) in [5.41, 5.74) is 5.42. The van der Waals surface area contributed by atoms with Gasteiger partial charge in [-0.1, -0.05) is 0 Å². The van der Waals surface area contributed by atoms with E-state index in [1.54, 1.807) is 0 Å². The minimum atomic E-state index is -3.98. The molecule has 108 valence electrons. The Hall–Kier alpha value is -1.22. The molecule has 0 saturated carbocycles. The lowest BCUT2D eigenvalue weighted by Gasteiger charge is -2.17. The van der Waals surface area contributed by atoms with Crippen LogP contribution in [0.3, 0.4) is 0 Å². The minimum absolute atomic E-state index is 0.000421. The molecule has 0 heterocycles. The number of nitrogen functional groups attached to an aromatic ring is 1. The van der Waals surface area contributed by atoms with E-state index >= 15 is 0 Å². The van der Waals surface area contributed by atoms with Gasteiger partial charge in [-0.3, -0.25) is 0 Å². The first-order valence-electron chi connectivity index (χ1n) is 5.49. The Morgan fingerprint density at radius 1 is 1.53 bits per heavy atom. The maximum Gasteiger partial charge on any atom is 0.241 e. The molecule has 0 aliphatic rings. The summed E-state index contributed by atoms with van der Waals surface area (Å²) in [7, 11) is -2.60. The molecule has 1 aromatic rings. The highest BCUT2D eigenvalue weighted by atomic mass is 32.2. The second-order valence-corrected chi connectivity index (χ2v) is 5.76. The quantitative estimate of drug-likeness (QED) is 0.641. The number of sulfonamides is 1. The van der Waals surface area contributed by atoms with Crippen LogP contribution in [0.1, 0.15) is 5.56 Å². The fourth-order valence-electron chi connectivity index (χ4n) is 1.56. The van der Waals surface area contributed by atoms with Crippen molar-refractivity contribution in [2.24, 2.45) is 0 Å². The smallest absolute Gasteiger partial charge is 0.241 e. The molecule has 1 unspecified atom stereocenters. The van der Waals surface area contributed by atoms with Crippen LogP contribution in [-0.2, 0) is 14.8 Å². The Morgan fingerprint density at radius 2 is 2.16 bits per heavy atom. The lowest BCUT2D eigenvalue weighted by atomic mass is 10.2. The molecule has 8 heteroatoms. The first-order chi connectivity index (χ1) is 8.81. The molecule has 6 nitrogen and oxygen atoms in total. The molecule has 0 aliphatic heterocycles. The van der Waals surface area contributed by atoms with E-state index in [0.29, 0.717) is 0 Å². The van der Waals surface area contributed by atoms with Gasteiger partial charge in [0.15, 0.2) is 0 Å². The van der Waals surface area contributed by atoms with Crippen molar-refractivity contribution in [3.63, 3.8) is 0 Å². The molecule has 0 spiro atoms. The molecular formula is C11H17FN2O4S. The summed E-state index contributed by atoms with van der Waals surface area (Å²) in [5, 5.41) is 9.04. The van der Waals surface area contributed by atoms with Crippen molar-refractivity contribution in [3.8, 4) is 0 Å². The molecule has 1 atom stereocenters. The third kappa shape index (κ3) is 3.87. The summed E-state index contributed by atoms with van der Waals surface area (Å²) in [6.45, 7) is 0.907. The van der Waals surface area contributed by atoms with Crippen molar-refractivity contribution in [3.05, 3.63) is 23.5 Å². The van der Waals surface area contributed by atoms with E-state index < -0.39 is 28.5 Å². The summed E-state index contributed by atoms with van der Waals surface area (Å²) in [4.78, 5) is -0.250. The van der Waals surface area contributed by atoms with Crippen LogP contribution in [0.4, 0.5) is 10.1 Å². The Morgan fingerprint density at radius 3 is 2.68 bits per heavy atom. The van der Waals surface area contributed by atoms with Gasteiger partial charge in [0.05, 0.1) is 24.2 Å². The van der Waals surface area contributed by atoms with Crippen molar-refractivity contribution in [2.75, 3.05) is 26.1 Å². The largest absolute Gasteiger partial charge is 0.399 e. The first-order valence-corrected chi connectivity index (χ1v) is 6.98. The Kier molecular flexibility index (Phi) is 5.24. The van der Waals surface area contributed by atoms with Crippen molar-refractivity contribution in [1.82, 2.24) is 4.72 Å². The van der Waals surface area contributed by atoms with Crippen LogP contribution < -0.4 is 10.5 Å². The first kappa shape index (κ1) is 15.8. The number of benzene rings is 1. The number of aliphatic hydroxyl groups is 1. The van der Waals surface area contributed by atoms with Gasteiger partial charge >= 0.3 is 0 Å². The third-order valence-corrected chi connectivity index (χ3v) is 4.17. The van der Waals surface area contributed by atoms with Crippen LogP contribution in [-0.4, -0.2) is 39.9 Å². The average molecular weight is 292 g/mol. The molecule has 0 aliphatic carbocycles. The topological polar surface area (TPSA) is 102 Å². The molecule has 19 heavy (non-hydrogen) atoms. The van der Waals surface area contributed by atoms with Crippen LogP contribution in [0.2, 0.25) is 0 Å². The maximum atomic E-state index is 13.5. The van der Waals surface area contributed by atoms with E-state index in [0.717, 1.165) is 6.07 Å². The van der Waals surface area contributed by atoms with Crippen LogP contribution in [0.5, 0.6) is 0 Å². The van der Waals surface area contributed by atoms with Crippen molar-refractivity contribution < 1.29 is 22.7 Å². The fraction of sp³-hybridized carbons (Fsp3) is 0.455. The second kappa shape index (κ2) is 6.29. The fourth-order valence-corrected chi connectivity index (χ4v) is 3.06. The SMILES string of the molecule is COCC(CO)NS(=O)(=O)c1cc(N)cc(F)c1C. The number of anilines is 1. The van der Waals surface area contributed by atoms with Crippen LogP contribution in [0, 0.1) is 12.7 Å². The number of rotatable bonds is 6. The number of halogens is 1. The van der Waals surface area contributed by atoms with Crippen molar-refractivity contribution >= 4 is 15.7 Å². The molecule has 1 aromatic carbocycles. The zero-order valence-corrected chi connectivity index (χ0v) is 11.5. The summed E-state index contributed by atoms with van der Waals surface area (Å²) in [6, 6.07) is 1.41. The number of nitrogens with one attached hydrogen (secondary N) is 1. The summed E-state index contributed by atoms with van der Waals surface area (Å²) in [6.07, 6.45) is 0. The van der Waals surface area contributed by atoms with E-state index in [2.05, 4.69) is 4.72 Å². The predicted molar refractivity (Wildman–Crippen MR) is 68.6 cm³/mol. The van der Waals surface area contributed by atoms with Gasteiger partial charge in [0.1, 0.15) is 5.82 Å². The molecule has 1 rings (SSSR count). The van der Waals surface area contributed by atoms with E-state index in [1.807, 2.05) is 0 Å². The Balaban J connectivity index is 3.13. The molecule has 0 bridgehead atoms. The standard InChI is InChI=1S/C11H17FN2O4S/c1-7-10(12)3-8(13)4-11(7)19(16,17)14-9(5-15)6-18-2/h3-4,9,14-15H,5-6,13H2,1-2H3. The van der Waals surface area contributed by atoms with Gasteiger partial charge in [-0.15, -0.1) is 0 Å². The highest BCUT2D eigenvalue weighted by molar-refractivity contribution is 7.89. The van der Waals surface area contributed by atoms with Gasteiger partial charge in [-0.25, -0.2) is 17.5 Å². The van der Waals surface area contributed by atoms with E-state index in [1.165, 1.54) is 20.1 Å². The molecule has 4 N–H and O–H groups in total. The molecular weight excluding hydrogens is 275 g/mol. The number of ether oxygens (including phenoxy) is 1.